The van der Waals surface area contributed by atoms with Gasteiger partial charge in [0.2, 0.25) is 0 Å². The van der Waals surface area contributed by atoms with E-state index in [1.807, 2.05) is 6.07 Å². The fraction of sp³-hybridized carbons (Fsp3) is 0.333. The van der Waals surface area contributed by atoms with E-state index in [1.54, 1.807) is 12.1 Å². The van der Waals surface area contributed by atoms with Crippen LogP contribution in [0, 0.1) is 0 Å². The van der Waals surface area contributed by atoms with Gasteiger partial charge in [0.15, 0.2) is 6.29 Å². The Balaban J connectivity index is 2.25. The zero-order valence-electron chi connectivity index (χ0n) is 7.00. The van der Waals surface area contributed by atoms with Crippen LogP contribution in [0.1, 0.15) is 11.9 Å². The van der Waals surface area contributed by atoms with Gasteiger partial charge in [-0.25, -0.2) is 0 Å². The average molecular weight is 200 g/mol. The maximum absolute atomic E-state index is 5.78. The van der Waals surface area contributed by atoms with Crippen molar-refractivity contribution in [3.8, 4) is 0 Å². The minimum absolute atomic E-state index is 0.278. The van der Waals surface area contributed by atoms with Crippen molar-refractivity contribution in [2.24, 2.45) is 0 Å². The highest BCUT2D eigenvalue weighted by Crippen LogP contribution is 2.27. The highest BCUT2D eigenvalue weighted by atomic mass is 35.5. The van der Waals surface area contributed by atoms with E-state index in [2.05, 4.69) is 0 Å². The maximum Gasteiger partial charge on any atom is 0.184 e. The van der Waals surface area contributed by atoms with Crippen molar-refractivity contribution in [3.63, 3.8) is 0 Å². The first-order valence-electron chi connectivity index (χ1n) is 4.05. The monoisotopic (exact) mass is 199 g/mol. The Labute approximate surface area is 81.4 Å². The summed E-state index contributed by atoms with van der Waals surface area (Å²) in [5.41, 5.74) is 7.12. The SMILES string of the molecule is Nc1cc(C2OCCO2)ccc1Cl. The van der Waals surface area contributed by atoms with Crippen LogP contribution in [0.2, 0.25) is 5.02 Å². The van der Waals surface area contributed by atoms with E-state index < -0.39 is 0 Å². The first-order chi connectivity index (χ1) is 6.27. The van der Waals surface area contributed by atoms with Gasteiger partial charge >= 0.3 is 0 Å². The van der Waals surface area contributed by atoms with Gasteiger partial charge in [0.25, 0.3) is 0 Å². The van der Waals surface area contributed by atoms with Crippen LogP contribution < -0.4 is 5.73 Å². The fourth-order valence-corrected chi connectivity index (χ4v) is 1.38. The Kier molecular flexibility index (Phi) is 2.40. The van der Waals surface area contributed by atoms with Crippen molar-refractivity contribution in [3.05, 3.63) is 28.8 Å². The molecule has 0 amide bonds. The smallest absolute Gasteiger partial charge is 0.184 e. The fourth-order valence-electron chi connectivity index (χ4n) is 1.26. The molecule has 0 aromatic heterocycles. The molecule has 0 atom stereocenters. The van der Waals surface area contributed by atoms with Gasteiger partial charge in [0.1, 0.15) is 0 Å². The van der Waals surface area contributed by atoms with Crippen LogP contribution >= 0.6 is 11.6 Å². The number of nitrogens with two attached hydrogens (primary N) is 1. The van der Waals surface area contributed by atoms with Crippen molar-refractivity contribution >= 4 is 17.3 Å². The molecular formula is C9H10ClNO2. The first kappa shape index (κ1) is 8.81. The lowest BCUT2D eigenvalue weighted by Crippen LogP contribution is -1.99. The summed E-state index contributed by atoms with van der Waals surface area (Å²) in [6, 6.07) is 5.38. The van der Waals surface area contributed by atoms with Crippen molar-refractivity contribution in [2.45, 2.75) is 6.29 Å². The van der Waals surface area contributed by atoms with E-state index in [9.17, 15) is 0 Å². The number of anilines is 1. The van der Waals surface area contributed by atoms with Crippen molar-refractivity contribution in [1.82, 2.24) is 0 Å². The predicted octanol–water partition coefficient (Wildman–Crippen LogP) is 1.97. The van der Waals surface area contributed by atoms with Crippen molar-refractivity contribution in [2.75, 3.05) is 18.9 Å². The molecule has 70 valence electrons. The van der Waals surface area contributed by atoms with Gasteiger partial charge in [0.05, 0.1) is 23.9 Å². The Hall–Kier alpha value is -0.770. The summed E-state index contributed by atoms with van der Waals surface area (Å²) in [5, 5.41) is 0.557. The Morgan fingerprint density at radius 3 is 2.62 bits per heavy atom. The molecule has 0 unspecified atom stereocenters. The molecule has 1 saturated heterocycles. The van der Waals surface area contributed by atoms with E-state index in [0.717, 1.165) is 5.56 Å². The molecule has 4 heteroatoms. The largest absolute Gasteiger partial charge is 0.398 e. The molecule has 0 aliphatic carbocycles. The molecule has 2 N–H and O–H groups in total. The predicted molar refractivity (Wildman–Crippen MR) is 50.5 cm³/mol. The van der Waals surface area contributed by atoms with E-state index in [1.165, 1.54) is 0 Å². The van der Waals surface area contributed by atoms with Gasteiger partial charge in [-0.1, -0.05) is 17.7 Å². The second kappa shape index (κ2) is 3.54. The lowest BCUT2D eigenvalue weighted by atomic mass is 10.2. The molecule has 13 heavy (non-hydrogen) atoms. The van der Waals surface area contributed by atoms with Gasteiger partial charge in [-0.3, -0.25) is 0 Å². The molecule has 1 aliphatic rings. The molecule has 1 aromatic rings. The Bertz CT molecular complexity index is 310. The maximum atomic E-state index is 5.78. The van der Waals surface area contributed by atoms with Crippen LogP contribution in [0.25, 0.3) is 0 Å². The second-order valence-corrected chi connectivity index (χ2v) is 3.26. The normalized spacial score (nSPS) is 17.9. The summed E-state index contributed by atoms with van der Waals surface area (Å²) in [4.78, 5) is 0. The minimum Gasteiger partial charge on any atom is -0.398 e. The summed E-state index contributed by atoms with van der Waals surface area (Å²) in [6.07, 6.45) is -0.278. The van der Waals surface area contributed by atoms with Crippen LogP contribution in [0.15, 0.2) is 18.2 Å². The van der Waals surface area contributed by atoms with Gasteiger partial charge in [-0.05, 0) is 12.1 Å². The zero-order chi connectivity index (χ0) is 9.26. The summed E-state index contributed by atoms with van der Waals surface area (Å²) in [7, 11) is 0. The molecule has 0 spiro atoms. The summed E-state index contributed by atoms with van der Waals surface area (Å²) in [5.74, 6) is 0. The molecule has 1 fully saturated rings. The molecular weight excluding hydrogens is 190 g/mol. The van der Waals surface area contributed by atoms with E-state index in [0.29, 0.717) is 23.9 Å². The highest BCUT2D eigenvalue weighted by Gasteiger charge is 2.18. The second-order valence-electron chi connectivity index (χ2n) is 2.85. The van der Waals surface area contributed by atoms with Crippen LogP contribution in [-0.4, -0.2) is 13.2 Å². The molecule has 2 rings (SSSR count). The molecule has 1 aliphatic heterocycles. The minimum atomic E-state index is -0.278. The van der Waals surface area contributed by atoms with Crippen molar-refractivity contribution in [1.29, 1.82) is 0 Å². The summed E-state index contributed by atoms with van der Waals surface area (Å²) < 4.78 is 10.6. The standard InChI is InChI=1S/C9H10ClNO2/c10-7-2-1-6(5-8(7)11)9-12-3-4-13-9/h1-2,5,9H,3-4,11H2. The van der Waals surface area contributed by atoms with Crippen LogP contribution in [0.4, 0.5) is 5.69 Å². The molecule has 3 nitrogen and oxygen atoms in total. The lowest BCUT2D eigenvalue weighted by molar-refractivity contribution is -0.0440. The number of nitrogen functional groups attached to an aromatic ring is 1. The number of rotatable bonds is 1. The lowest BCUT2D eigenvalue weighted by Gasteiger charge is -2.09. The summed E-state index contributed by atoms with van der Waals surface area (Å²) in [6.45, 7) is 1.26. The van der Waals surface area contributed by atoms with E-state index >= 15 is 0 Å². The van der Waals surface area contributed by atoms with E-state index in [-0.39, 0.29) is 6.29 Å². The van der Waals surface area contributed by atoms with Gasteiger partial charge in [-0.2, -0.15) is 0 Å². The average Bonchev–Trinajstić information content (AvgIpc) is 2.62. The number of ether oxygens (including phenoxy) is 2. The highest BCUT2D eigenvalue weighted by molar-refractivity contribution is 6.33. The Morgan fingerprint density at radius 1 is 1.31 bits per heavy atom. The molecule has 0 bridgehead atoms. The molecule has 1 heterocycles. The topological polar surface area (TPSA) is 44.5 Å². The van der Waals surface area contributed by atoms with Crippen molar-refractivity contribution < 1.29 is 9.47 Å². The van der Waals surface area contributed by atoms with Crippen LogP contribution in [-0.2, 0) is 9.47 Å². The summed E-state index contributed by atoms with van der Waals surface area (Å²) >= 11 is 5.78. The van der Waals surface area contributed by atoms with Gasteiger partial charge in [-0.15, -0.1) is 0 Å². The quantitative estimate of drug-likeness (QED) is 0.704. The third kappa shape index (κ3) is 1.77. The van der Waals surface area contributed by atoms with Crippen LogP contribution in [0.3, 0.4) is 0 Å². The molecule has 1 aromatic carbocycles. The number of hydrogen-bond donors (Lipinski definition) is 1. The van der Waals surface area contributed by atoms with E-state index in [4.69, 9.17) is 26.8 Å². The van der Waals surface area contributed by atoms with Crippen LogP contribution in [0.5, 0.6) is 0 Å². The molecule has 0 radical (unpaired) electrons. The third-order valence-corrected chi connectivity index (χ3v) is 2.26. The number of benzene rings is 1. The zero-order valence-corrected chi connectivity index (χ0v) is 7.75. The third-order valence-electron chi connectivity index (χ3n) is 1.91. The molecule has 0 saturated carbocycles. The Morgan fingerprint density at radius 2 is 2.00 bits per heavy atom. The van der Waals surface area contributed by atoms with Gasteiger partial charge in [0, 0.05) is 5.56 Å². The number of halogens is 1. The number of hydrogen-bond acceptors (Lipinski definition) is 3. The van der Waals surface area contributed by atoms with Gasteiger partial charge < -0.3 is 15.2 Å². The first-order valence-corrected chi connectivity index (χ1v) is 4.43.